The smallest absolute Gasteiger partial charge is 0.488 e. The molecule has 1 aromatic carbocycles. The highest BCUT2D eigenvalue weighted by atomic mass is 16.5. The van der Waals surface area contributed by atoms with Gasteiger partial charge >= 0.3 is 7.12 Å². The molecule has 0 unspecified atom stereocenters. The normalized spacial score (nSPS) is 14.7. The fourth-order valence-electron chi connectivity index (χ4n) is 1.49. The highest BCUT2D eigenvalue weighted by Gasteiger charge is 2.20. The van der Waals surface area contributed by atoms with Crippen LogP contribution in [-0.2, 0) is 4.74 Å². The van der Waals surface area contributed by atoms with E-state index in [1.165, 1.54) is 12.8 Å². The zero-order chi connectivity index (χ0) is 12.1. The van der Waals surface area contributed by atoms with Gasteiger partial charge in [-0.2, -0.15) is 0 Å². The van der Waals surface area contributed by atoms with Gasteiger partial charge in [-0.1, -0.05) is 12.1 Å². The Balaban J connectivity index is 1.63. The van der Waals surface area contributed by atoms with Crippen LogP contribution in [0.25, 0.3) is 0 Å². The molecule has 0 saturated heterocycles. The van der Waals surface area contributed by atoms with Crippen molar-refractivity contribution in [3.63, 3.8) is 0 Å². The van der Waals surface area contributed by atoms with Gasteiger partial charge in [0.05, 0.1) is 6.61 Å². The number of ether oxygens (including phenoxy) is 2. The Morgan fingerprint density at radius 3 is 2.41 bits per heavy atom. The van der Waals surface area contributed by atoms with Crippen LogP contribution in [0.5, 0.6) is 5.75 Å². The van der Waals surface area contributed by atoms with E-state index in [4.69, 9.17) is 19.5 Å². The molecule has 0 atom stereocenters. The minimum atomic E-state index is -1.43. The van der Waals surface area contributed by atoms with E-state index >= 15 is 0 Å². The van der Waals surface area contributed by atoms with Gasteiger partial charge in [-0.3, -0.25) is 0 Å². The Morgan fingerprint density at radius 2 is 1.82 bits per heavy atom. The van der Waals surface area contributed by atoms with Crippen molar-refractivity contribution < 1.29 is 19.5 Å². The molecule has 1 aliphatic carbocycles. The van der Waals surface area contributed by atoms with E-state index in [2.05, 4.69) is 0 Å². The summed E-state index contributed by atoms with van der Waals surface area (Å²) >= 11 is 0. The van der Waals surface area contributed by atoms with Crippen LogP contribution in [-0.4, -0.2) is 37.0 Å². The molecule has 0 amide bonds. The third kappa shape index (κ3) is 4.38. The summed E-state index contributed by atoms with van der Waals surface area (Å²) in [7, 11) is -1.43. The summed E-state index contributed by atoms with van der Waals surface area (Å²) in [6, 6.07) is 6.70. The van der Waals surface area contributed by atoms with Crippen LogP contribution in [0, 0.1) is 5.92 Å². The largest absolute Gasteiger partial charge is 0.491 e. The fraction of sp³-hybridized carbons (Fsp3) is 0.500. The van der Waals surface area contributed by atoms with Gasteiger partial charge in [0.25, 0.3) is 0 Å². The summed E-state index contributed by atoms with van der Waals surface area (Å²) in [4.78, 5) is 0. The van der Waals surface area contributed by atoms with Gasteiger partial charge in [0.15, 0.2) is 0 Å². The second-order valence-electron chi connectivity index (χ2n) is 4.31. The summed E-state index contributed by atoms with van der Waals surface area (Å²) in [5, 5.41) is 17.8. The molecule has 0 aromatic heterocycles. The quantitative estimate of drug-likeness (QED) is 0.523. The Morgan fingerprint density at radius 1 is 1.12 bits per heavy atom. The summed E-state index contributed by atoms with van der Waals surface area (Å²) in [6.45, 7) is 1.97. The summed E-state index contributed by atoms with van der Waals surface area (Å²) in [5.41, 5.74) is 0.460. The molecule has 0 spiro atoms. The Hall–Kier alpha value is -1.04. The van der Waals surface area contributed by atoms with Crippen LogP contribution in [0.15, 0.2) is 24.3 Å². The molecule has 2 N–H and O–H groups in total. The molecule has 0 heterocycles. The van der Waals surface area contributed by atoms with E-state index in [1.54, 1.807) is 24.3 Å². The average Bonchev–Trinajstić information content (AvgIpc) is 3.13. The highest BCUT2D eigenvalue weighted by molar-refractivity contribution is 6.58. The van der Waals surface area contributed by atoms with Crippen molar-refractivity contribution >= 4 is 12.6 Å². The molecule has 0 aliphatic heterocycles. The zero-order valence-electron chi connectivity index (χ0n) is 9.71. The van der Waals surface area contributed by atoms with Crippen LogP contribution in [0.4, 0.5) is 0 Å². The number of benzene rings is 1. The minimum Gasteiger partial charge on any atom is -0.491 e. The lowest BCUT2D eigenvalue weighted by Gasteiger charge is -2.07. The van der Waals surface area contributed by atoms with Crippen LogP contribution >= 0.6 is 0 Å². The van der Waals surface area contributed by atoms with Gasteiger partial charge in [0, 0.05) is 6.61 Å². The number of hydrogen-bond donors (Lipinski definition) is 2. The van der Waals surface area contributed by atoms with E-state index in [0.29, 0.717) is 24.4 Å². The molecule has 1 saturated carbocycles. The minimum absolute atomic E-state index is 0.460. The fourth-order valence-corrected chi connectivity index (χ4v) is 1.49. The van der Waals surface area contributed by atoms with Crippen LogP contribution in [0.3, 0.4) is 0 Å². The average molecular weight is 236 g/mol. The Kier molecular flexibility index (Phi) is 4.42. The van der Waals surface area contributed by atoms with E-state index in [-0.39, 0.29) is 0 Å². The van der Waals surface area contributed by atoms with Crippen molar-refractivity contribution in [1.82, 2.24) is 0 Å². The Bertz CT molecular complexity index is 335. The maximum Gasteiger partial charge on any atom is 0.488 e. The van der Waals surface area contributed by atoms with Crippen LogP contribution < -0.4 is 10.2 Å². The van der Waals surface area contributed by atoms with Gasteiger partial charge in [-0.05, 0) is 36.4 Å². The van der Waals surface area contributed by atoms with Crippen molar-refractivity contribution in [2.24, 2.45) is 5.92 Å². The zero-order valence-corrected chi connectivity index (χ0v) is 9.71. The molecule has 0 bridgehead atoms. The molecule has 92 valence electrons. The second kappa shape index (κ2) is 6.05. The molecule has 1 aliphatic rings. The topological polar surface area (TPSA) is 58.9 Å². The second-order valence-corrected chi connectivity index (χ2v) is 4.31. The third-order valence-corrected chi connectivity index (χ3v) is 2.73. The molecule has 1 fully saturated rings. The first-order valence-corrected chi connectivity index (χ1v) is 5.92. The molecule has 0 radical (unpaired) electrons. The molecule has 17 heavy (non-hydrogen) atoms. The van der Waals surface area contributed by atoms with E-state index < -0.39 is 7.12 Å². The van der Waals surface area contributed by atoms with Crippen molar-refractivity contribution in [2.75, 3.05) is 19.8 Å². The lowest BCUT2D eigenvalue weighted by atomic mass is 9.80. The molecule has 2 rings (SSSR count). The van der Waals surface area contributed by atoms with Crippen LogP contribution in [0.1, 0.15) is 12.8 Å². The lowest BCUT2D eigenvalue weighted by molar-refractivity contribution is 0.0927. The molecule has 1 aromatic rings. The van der Waals surface area contributed by atoms with Crippen molar-refractivity contribution in [3.05, 3.63) is 24.3 Å². The van der Waals surface area contributed by atoms with E-state index in [0.717, 1.165) is 12.5 Å². The van der Waals surface area contributed by atoms with Gasteiger partial charge in [0.2, 0.25) is 0 Å². The highest BCUT2D eigenvalue weighted by Crippen LogP contribution is 2.28. The van der Waals surface area contributed by atoms with Crippen molar-refractivity contribution in [1.29, 1.82) is 0 Å². The molecular formula is C12H17BO4. The van der Waals surface area contributed by atoms with E-state index in [1.807, 2.05) is 0 Å². The SMILES string of the molecule is OB(O)c1ccc(OCCOCC2CC2)cc1. The first-order valence-electron chi connectivity index (χ1n) is 5.92. The van der Waals surface area contributed by atoms with Crippen molar-refractivity contribution in [3.8, 4) is 5.75 Å². The van der Waals surface area contributed by atoms with Gasteiger partial charge in [-0.15, -0.1) is 0 Å². The number of rotatable bonds is 7. The first-order chi connectivity index (χ1) is 8.25. The summed E-state index contributed by atoms with van der Waals surface area (Å²) < 4.78 is 10.9. The maximum atomic E-state index is 8.91. The molecule has 4 nitrogen and oxygen atoms in total. The summed E-state index contributed by atoms with van der Waals surface area (Å²) in [6.07, 6.45) is 2.59. The molecule has 5 heteroatoms. The van der Waals surface area contributed by atoms with E-state index in [9.17, 15) is 0 Å². The van der Waals surface area contributed by atoms with Crippen molar-refractivity contribution in [2.45, 2.75) is 12.8 Å². The standard InChI is InChI=1S/C12H17BO4/c14-13(15)11-3-5-12(6-4-11)17-8-7-16-9-10-1-2-10/h3-6,10,14-15H,1-2,7-9H2. The molecular weight excluding hydrogens is 219 g/mol. The summed E-state index contributed by atoms with van der Waals surface area (Å²) in [5.74, 6) is 1.49. The predicted octanol–water partition coefficient (Wildman–Crippen LogP) is 0.172. The third-order valence-electron chi connectivity index (χ3n) is 2.73. The van der Waals surface area contributed by atoms with Gasteiger partial charge in [0.1, 0.15) is 12.4 Å². The predicted molar refractivity (Wildman–Crippen MR) is 65.3 cm³/mol. The maximum absolute atomic E-state index is 8.91. The van der Waals surface area contributed by atoms with Gasteiger partial charge in [-0.25, -0.2) is 0 Å². The van der Waals surface area contributed by atoms with Gasteiger partial charge < -0.3 is 19.5 Å². The monoisotopic (exact) mass is 236 g/mol. The Labute approximate surface area is 101 Å². The number of hydrogen-bond acceptors (Lipinski definition) is 4. The van der Waals surface area contributed by atoms with Crippen LogP contribution in [0.2, 0.25) is 0 Å². The first kappa shape index (κ1) is 12.4. The lowest BCUT2D eigenvalue weighted by Crippen LogP contribution is -2.29.